The number of pyridine rings is 1. The molecule has 2 N–H and O–H groups in total. The van der Waals surface area contributed by atoms with E-state index in [1.165, 1.54) is 23.9 Å². The third-order valence-corrected chi connectivity index (χ3v) is 8.58. The number of benzene rings is 1. The molecule has 1 aliphatic rings. The highest BCUT2D eigenvalue weighted by Gasteiger charge is 2.48. The average Bonchev–Trinajstić information content (AvgIpc) is 2.82. The molecule has 1 fully saturated rings. The summed E-state index contributed by atoms with van der Waals surface area (Å²) in [4.78, 5) is 16.7. The van der Waals surface area contributed by atoms with Crippen LogP contribution in [0.1, 0.15) is 33.3 Å². The standard InChI is InChI=1S/C23H31N3O7S2/c1-5-31-19-13-16(14-20(24-19)32-6-2)15-33-17-7-9-18(10-8-17)35(29,30)26-11-12-34-23(3,4)21(26)22(27)25-28/h7-10,13-14,21,28H,5-6,11-12,15H2,1-4H3,(H,25,27)/t21-/m0/s1. The summed E-state index contributed by atoms with van der Waals surface area (Å²) in [6.45, 7) is 8.57. The number of carbonyl (C=O) groups is 1. The first kappa shape index (κ1) is 27.1. The first-order valence-electron chi connectivity index (χ1n) is 11.2. The molecule has 12 heteroatoms. The molecule has 0 radical (unpaired) electrons. The van der Waals surface area contributed by atoms with Crippen LogP contribution in [0.3, 0.4) is 0 Å². The molecule has 192 valence electrons. The van der Waals surface area contributed by atoms with E-state index in [-0.39, 0.29) is 18.0 Å². The van der Waals surface area contributed by atoms with E-state index in [1.807, 2.05) is 13.8 Å². The summed E-state index contributed by atoms with van der Waals surface area (Å²) in [6.07, 6.45) is 0. The van der Waals surface area contributed by atoms with Gasteiger partial charge in [0.15, 0.2) is 0 Å². The zero-order valence-electron chi connectivity index (χ0n) is 20.2. The van der Waals surface area contributed by atoms with Gasteiger partial charge in [-0.05, 0) is 57.5 Å². The molecule has 1 atom stereocenters. The number of thioether (sulfide) groups is 1. The van der Waals surface area contributed by atoms with E-state index in [2.05, 4.69) is 4.98 Å². The molecular formula is C23H31N3O7S2. The molecule has 3 rings (SSSR count). The van der Waals surface area contributed by atoms with Crippen LogP contribution in [-0.2, 0) is 21.4 Å². The van der Waals surface area contributed by atoms with Crippen LogP contribution in [0.5, 0.6) is 17.5 Å². The van der Waals surface area contributed by atoms with Crippen LogP contribution in [0.15, 0.2) is 41.3 Å². The molecule has 0 bridgehead atoms. The normalized spacial score (nSPS) is 18.0. The summed E-state index contributed by atoms with van der Waals surface area (Å²) in [5, 5.41) is 9.19. The number of nitrogens with zero attached hydrogens (tertiary/aromatic N) is 2. The number of ether oxygens (including phenoxy) is 3. The van der Waals surface area contributed by atoms with Gasteiger partial charge in [-0.25, -0.2) is 13.9 Å². The summed E-state index contributed by atoms with van der Waals surface area (Å²) in [5.41, 5.74) is 2.39. The van der Waals surface area contributed by atoms with Gasteiger partial charge in [0.25, 0.3) is 5.91 Å². The highest BCUT2D eigenvalue weighted by Crippen LogP contribution is 2.38. The van der Waals surface area contributed by atoms with Gasteiger partial charge >= 0.3 is 0 Å². The average molecular weight is 526 g/mol. The fourth-order valence-electron chi connectivity index (χ4n) is 3.79. The Morgan fingerprint density at radius 1 is 1.14 bits per heavy atom. The van der Waals surface area contributed by atoms with Gasteiger partial charge in [0.2, 0.25) is 21.8 Å². The Hall–Kier alpha value is -2.54. The molecule has 35 heavy (non-hydrogen) atoms. The van der Waals surface area contributed by atoms with E-state index in [9.17, 15) is 18.4 Å². The number of hydroxylamine groups is 1. The zero-order chi connectivity index (χ0) is 25.6. The summed E-state index contributed by atoms with van der Waals surface area (Å²) < 4.78 is 44.0. The predicted molar refractivity (Wildman–Crippen MR) is 131 cm³/mol. The van der Waals surface area contributed by atoms with Crippen molar-refractivity contribution in [1.82, 2.24) is 14.8 Å². The zero-order valence-corrected chi connectivity index (χ0v) is 21.8. The fraction of sp³-hybridized carbons (Fsp3) is 0.478. The first-order chi connectivity index (χ1) is 16.6. The molecule has 10 nitrogen and oxygen atoms in total. The van der Waals surface area contributed by atoms with Crippen LogP contribution in [0.25, 0.3) is 0 Å². The summed E-state index contributed by atoms with van der Waals surface area (Å²) in [7, 11) is -3.99. The van der Waals surface area contributed by atoms with E-state index in [0.717, 1.165) is 9.87 Å². The minimum Gasteiger partial charge on any atom is -0.489 e. The van der Waals surface area contributed by atoms with Crippen molar-refractivity contribution >= 4 is 27.7 Å². The lowest BCUT2D eigenvalue weighted by Gasteiger charge is -2.43. The Labute approximate surface area is 210 Å². The third-order valence-electron chi connectivity index (χ3n) is 5.35. The van der Waals surface area contributed by atoms with Gasteiger partial charge in [-0.3, -0.25) is 10.0 Å². The van der Waals surface area contributed by atoms with Crippen molar-refractivity contribution in [3.63, 3.8) is 0 Å². The number of carbonyl (C=O) groups excluding carboxylic acids is 1. The molecule has 2 aromatic rings. The highest BCUT2D eigenvalue weighted by atomic mass is 32.2. The van der Waals surface area contributed by atoms with Gasteiger partial charge in [-0.15, -0.1) is 0 Å². The number of nitrogens with one attached hydrogen (secondary N) is 1. The lowest BCUT2D eigenvalue weighted by atomic mass is 10.0. The minimum absolute atomic E-state index is 0.0319. The maximum atomic E-state index is 13.4. The molecule has 0 spiro atoms. The van der Waals surface area contributed by atoms with Gasteiger partial charge in [-0.1, -0.05) is 0 Å². The number of hydrogen-bond donors (Lipinski definition) is 2. The van der Waals surface area contributed by atoms with Crippen LogP contribution in [0.4, 0.5) is 0 Å². The van der Waals surface area contributed by atoms with Crippen molar-refractivity contribution in [2.24, 2.45) is 0 Å². The maximum absolute atomic E-state index is 13.4. The first-order valence-corrected chi connectivity index (χ1v) is 13.6. The Kier molecular flexibility index (Phi) is 8.86. The van der Waals surface area contributed by atoms with Gasteiger partial charge in [-0.2, -0.15) is 21.1 Å². The molecule has 1 aromatic carbocycles. The van der Waals surface area contributed by atoms with Gasteiger partial charge in [0.1, 0.15) is 18.4 Å². The number of sulfonamides is 1. The molecule has 1 amide bonds. The monoisotopic (exact) mass is 525 g/mol. The fourth-order valence-corrected chi connectivity index (χ4v) is 6.90. The lowest BCUT2D eigenvalue weighted by molar-refractivity contribution is -0.134. The third kappa shape index (κ3) is 6.37. The molecule has 0 aliphatic carbocycles. The molecule has 1 aromatic heterocycles. The molecular weight excluding hydrogens is 494 g/mol. The Morgan fingerprint density at radius 3 is 2.29 bits per heavy atom. The Bertz CT molecular complexity index is 1100. The van der Waals surface area contributed by atoms with Gasteiger partial charge in [0.05, 0.1) is 18.1 Å². The van der Waals surface area contributed by atoms with Crippen molar-refractivity contribution in [2.75, 3.05) is 25.5 Å². The summed E-state index contributed by atoms with van der Waals surface area (Å²) in [5.74, 6) is 1.10. The second kappa shape index (κ2) is 11.5. The van der Waals surface area contributed by atoms with Crippen molar-refractivity contribution in [3.05, 3.63) is 42.0 Å². The van der Waals surface area contributed by atoms with E-state index < -0.39 is 26.7 Å². The lowest BCUT2D eigenvalue weighted by Crippen LogP contribution is -2.61. The van der Waals surface area contributed by atoms with Crippen molar-refractivity contribution in [1.29, 1.82) is 0 Å². The topological polar surface area (TPSA) is 127 Å². The number of rotatable bonds is 10. The van der Waals surface area contributed by atoms with Crippen LogP contribution in [0.2, 0.25) is 0 Å². The molecule has 1 aliphatic heterocycles. The minimum atomic E-state index is -3.99. The van der Waals surface area contributed by atoms with Crippen LogP contribution in [-0.4, -0.2) is 65.1 Å². The smallest absolute Gasteiger partial charge is 0.263 e. The van der Waals surface area contributed by atoms with E-state index >= 15 is 0 Å². The van der Waals surface area contributed by atoms with Crippen molar-refractivity contribution in [3.8, 4) is 17.5 Å². The number of hydrogen-bond acceptors (Lipinski definition) is 9. The number of aromatic nitrogens is 1. The van der Waals surface area contributed by atoms with E-state index in [0.29, 0.717) is 36.5 Å². The number of amides is 1. The summed E-state index contributed by atoms with van der Waals surface area (Å²) >= 11 is 1.48. The maximum Gasteiger partial charge on any atom is 0.263 e. The van der Waals surface area contributed by atoms with Gasteiger partial charge in [0, 0.05) is 29.2 Å². The second-order valence-electron chi connectivity index (χ2n) is 8.22. The molecule has 0 saturated carbocycles. The summed E-state index contributed by atoms with van der Waals surface area (Å²) in [6, 6.07) is 8.46. The largest absolute Gasteiger partial charge is 0.489 e. The van der Waals surface area contributed by atoms with E-state index in [1.54, 1.807) is 43.6 Å². The second-order valence-corrected chi connectivity index (χ2v) is 11.9. The van der Waals surface area contributed by atoms with Crippen LogP contribution in [0, 0.1) is 0 Å². The van der Waals surface area contributed by atoms with Gasteiger partial charge < -0.3 is 14.2 Å². The van der Waals surface area contributed by atoms with Crippen LogP contribution < -0.4 is 19.7 Å². The van der Waals surface area contributed by atoms with E-state index in [4.69, 9.17) is 14.2 Å². The molecule has 2 heterocycles. The van der Waals surface area contributed by atoms with Crippen molar-refractivity contribution < 1.29 is 32.6 Å². The SMILES string of the molecule is CCOc1cc(COc2ccc(S(=O)(=O)N3CCSC(C)(C)[C@@H]3C(=O)NO)cc2)cc(OCC)n1. The highest BCUT2D eigenvalue weighted by molar-refractivity contribution is 8.00. The molecule has 0 unspecified atom stereocenters. The predicted octanol–water partition coefficient (Wildman–Crippen LogP) is 2.85. The Morgan fingerprint density at radius 2 is 1.74 bits per heavy atom. The molecule has 1 saturated heterocycles. The quantitative estimate of drug-likeness (QED) is 0.355. The Balaban J connectivity index is 1.77. The van der Waals surface area contributed by atoms with Crippen molar-refractivity contribution in [2.45, 2.75) is 50.0 Å². The van der Waals surface area contributed by atoms with Crippen LogP contribution >= 0.6 is 11.8 Å².